The van der Waals surface area contributed by atoms with E-state index in [9.17, 15) is 4.79 Å². The van der Waals surface area contributed by atoms with Crippen LogP contribution in [-0.4, -0.2) is 34.3 Å². The van der Waals surface area contributed by atoms with Crippen molar-refractivity contribution in [1.29, 1.82) is 0 Å². The van der Waals surface area contributed by atoms with Gasteiger partial charge in [0.05, 0.1) is 37.7 Å². The normalized spacial score (nSPS) is 10.0. The van der Waals surface area contributed by atoms with Crippen molar-refractivity contribution in [2.24, 2.45) is 0 Å². The number of benzene rings is 2. The summed E-state index contributed by atoms with van der Waals surface area (Å²) in [5.74, 6) is 1.97. The Labute approximate surface area is 154 Å². The summed E-state index contributed by atoms with van der Waals surface area (Å²) in [7, 11) is 6.19. The minimum atomic E-state index is -0.280. The first-order valence-corrected chi connectivity index (χ1v) is 8.06. The van der Waals surface area contributed by atoms with Crippen molar-refractivity contribution in [2.45, 2.75) is 0 Å². The molecule has 7 heteroatoms. The van der Waals surface area contributed by atoms with E-state index >= 15 is 0 Å². The largest absolute Gasteiger partial charge is 0.497 e. The number of nitrogens with one attached hydrogen (secondary N) is 1. The van der Waals surface area contributed by atoms with Crippen LogP contribution in [0.5, 0.6) is 23.0 Å². The highest BCUT2D eigenvalue weighted by molar-refractivity contribution is 14.1. The first-order chi connectivity index (χ1) is 11.5. The minimum absolute atomic E-state index is 0.280. The van der Waals surface area contributed by atoms with Gasteiger partial charge in [-0.15, -0.1) is 0 Å². The van der Waals surface area contributed by atoms with Crippen molar-refractivity contribution in [3.63, 3.8) is 0 Å². The Morgan fingerprint density at radius 1 is 0.917 bits per heavy atom. The molecule has 2 aromatic carbocycles. The molecule has 2 aromatic rings. The number of hydrogen-bond donors (Lipinski definition) is 1. The van der Waals surface area contributed by atoms with Gasteiger partial charge in [-0.3, -0.25) is 4.79 Å². The molecule has 6 nitrogen and oxygen atoms in total. The number of anilines is 1. The van der Waals surface area contributed by atoms with Gasteiger partial charge in [-0.1, -0.05) is 0 Å². The molecular weight excluding hydrogens is 425 g/mol. The second kappa shape index (κ2) is 8.09. The fourth-order valence-electron chi connectivity index (χ4n) is 2.15. The molecular formula is C17H18INO5. The third-order valence-electron chi connectivity index (χ3n) is 3.35. The molecule has 0 atom stereocenters. The maximum absolute atomic E-state index is 12.6. The van der Waals surface area contributed by atoms with Gasteiger partial charge in [0.15, 0.2) is 11.5 Å². The molecule has 0 saturated carbocycles. The van der Waals surface area contributed by atoms with Gasteiger partial charge < -0.3 is 24.3 Å². The third-order valence-corrected chi connectivity index (χ3v) is 4.15. The summed E-state index contributed by atoms with van der Waals surface area (Å²) in [5.41, 5.74) is 1.00. The van der Waals surface area contributed by atoms with Gasteiger partial charge in [-0.2, -0.15) is 0 Å². The van der Waals surface area contributed by atoms with Gasteiger partial charge in [-0.25, -0.2) is 0 Å². The lowest BCUT2D eigenvalue weighted by Crippen LogP contribution is -2.13. The van der Waals surface area contributed by atoms with Gasteiger partial charge >= 0.3 is 0 Å². The van der Waals surface area contributed by atoms with Crippen LogP contribution < -0.4 is 24.3 Å². The van der Waals surface area contributed by atoms with Gasteiger partial charge in [0.1, 0.15) is 11.5 Å². The number of hydrogen-bond acceptors (Lipinski definition) is 5. The third kappa shape index (κ3) is 3.84. The van der Waals surface area contributed by atoms with E-state index in [1.165, 1.54) is 14.2 Å². The van der Waals surface area contributed by atoms with Crippen molar-refractivity contribution in [2.75, 3.05) is 33.8 Å². The van der Waals surface area contributed by atoms with E-state index in [0.29, 0.717) is 34.2 Å². The molecule has 0 spiro atoms. The van der Waals surface area contributed by atoms with E-state index in [-0.39, 0.29) is 5.91 Å². The Hall–Kier alpha value is -2.16. The predicted octanol–water partition coefficient (Wildman–Crippen LogP) is 3.58. The summed E-state index contributed by atoms with van der Waals surface area (Å²) in [4.78, 5) is 12.6. The molecule has 0 aliphatic rings. The smallest absolute Gasteiger partial charge is 0.255 e. The Balaban J connectivity index is 2.32. The molecule has 0 aliphatic carbocycles. The maximum Gasteiger partial charge on any atom is 0.255 e. The first-order valence-electron chi connectivity index (χ1n) is 6.99. The number of ether oxygens (including phenoxy) is 4. The van der Waals surface area contributed by atoms with E-state index in [1.807, 2.05) is 0 Å². The average molecular weight is 443 g/mol. The van der Waals surface area contributed by atoms with Crippen molar-refractivity contribution in [1.82, 2.24) is 0 Å². The highest BCUT2D eigenvalue weighted by Gasteiger charge is 2.16. The summed E-state index contributed by atoms with van der Waals surface area (Å²) in [6, 6.07) is 8.53. The van der Waals surface area contributed by atoms with Crippen LogP contribution >= 0.6 is 22.6 Å². The number of amides is 1. The number of rotatable bonds is 6. The summed E-state index contributed by atoms with van der Waals surface area (Å²) in [6.07, 6.45) is 0. The van der Waals surface area contributed by atoms with Gasteiger partial charge in [0.25, 0.3) is 5.91 Å². The van der Waals surface area contributed by atoms with E-state index in [2.05, 4.69) is 27.9 Å². The zero-order valence-electron chi connectivity index (χ0n) is 13.8. The molecule has 0 unspecified atom stereocenters. The molecule has 0 radical (unpaired) electrons. The van der Waals surface area contributed by atoms with Crippen LogP contribution in [0.1, 0.15) is 10.4 Å². The quantitative estimate of drug-likeness (QED) is 0.692. The summed E-state index contributed by atoms with van der Waals surface area (Å²) in [5, 5.41) is 2.83. The molecule has 0 aromatic heterocycles. The molecule has 0 heterocycles. The Bertz CT molecular complexity index is 748. The van der Waals surface area contributed by atoms with E-state index in [1.54, 1.807) is 44.6 Å². The van der Waals surface area contributed by atoms with Crippen LogP contribution in [0.15, 0.2) is 30.3 Å². The molecule has 2 rings (SSSR count). The van der Waals surface area contributed by atoms with Gasteiger partial charge in [0, 0.05) is 11.6 Å². The molecule has 0 fully saturated rings. The molecule has 0 aliphatic heterocycles. The van der Waals surface area contributed by atoms with Crippen molar-refractivity contribution in [3.05, 3.63) is 39.5 Å². The lowest BCUT2D eigenvalue weighted by atomic mass is 10.1. The lowest BCUT2D eigenvalue weighted by Gasteiger charge is -2.14. The number of carbonyl (C=O) groups excluding carboxylic acids is 1. The predicted molar refractivity (Wildman–Crippen MR) is 99.8 cm³/mol. The summed E-state index contributed by atoms with van der Waals surface area (Å²) in [6.45, 7) is 0. The standard InChI is InChI=1S/C17H18INO5/c1-21-11-5-6-13(14(9-11)22-2)19-17(20)10-7-12(18)16(24-4)15(8-10)23-3/h5-9H,1-4H3,(H,19,20). The molecule has 1 amide bonds. The minimum Gasteiger partial charge on any atom is -0.497 e. The Morgan fingerprint density at radius 2 is 1.62 bits per heavy atom. The lowest BCUT2D eigenvalue weighted by molar-refractivity contribution is 0.102. The van der Waals surface area contributed by atoms with Crippen LogP contribution in [0.2, 0.25) is 0 Å². The number of methoxy groups -OCH3 is 4. The number of halogens is 1. The maximum atomic E-state index is 12.6. The summed E-state index contributed by atoms with van der Waals surface area (Å²) < 4.78 is 21.8. The van der Waals surface area contributed by atoms with Crippen molar-refractivity contribution >= 4 is 34.2 Å². The molecule has 0 bridgehead atoms. The second-order valence-electron chi connectivity index (χ2n) is 4.71. The van der Waals surface area contributed by atoms with E-state index in [4.69, 9.17) is 18.9 Å². The molecule has 24 heavy (non-hydrogen) atoms. The Morgan fingerprint density at radius 3 is 2.21 bits per heavy atom. The fourth-order valence-corrected chi connectivity index (χ4v) is 2.97. The molecule has 128 valence electrons. The van der Waals surface area contributed by atoms with Crippen LogP contribution in [0.4, 0.5) is 5.69 Å². The average Bonchev–Trinajstić information content (AvgIpc) is 2.61. The van der Waals surface area contributed by atoms with Gasteiger partial charge in [-0.05, 0) is 46.9 Å². The van der Waals surface area contributed by atoms with Crippen LogP contribution in [0.25, 0.3) is 0 Å². The van der Waals surface area contributed by atoms with Crippen molar-refractivity contribution < 1.29 is 23.7 Å². The fraction of sp³-hybridized carbons (Fsp3) is 0.235. The number of carbonyl (C=O) groups is 1. The Kier molecular flexibility index (Phi) is 6.13. The first kappa shape index (κ1) is 18.2. The van der Waals surface area contributed by atoms with Crippen molar-refractivity contribution in [3.8, 4) is 23.0 Å². The van der Waals surface area contributed by atoms with Crippen LogP contribution in [0.3, 0.4) is 0 Å². The highest BCUT2D eigenvalue weighted by Crippen LogP contribution is 2.34. The van der Waals surface area contributed by atoms with Crippen LogP contribution in [0, 0.1) is 3.57 Å². The molecule has 0 saturated heterocycles. The zero-order chi connectivity index (χ0) is 17.7. The van der Waals surface area contributed by atoms with Crippen LogP contribution in [-0.2, 0) is 0 Å². The van der Waals surface area contributed by atoms with Gasteiger partial charge in [0.2, 0.25) is 0 Å². The second-order valence-corrected chi connectivity index (χ2v) is 5.88. The summed E-state index contributed by atoms with van der Waals surface area (Å²) >= 11 is 2.10. The van der Waals surface area contributed by atoms with E-state index in [0.717, 1.165) is 3.57 Å². The topological polar surface area (TPSA) is 66.0 Å². The van der Waals surface area contributed by atoms with E-state index < -0.39 is 0 Å². The highest BCUT2D eigenvalue weighted by atomic mass is 127. The SMILES string of the molecule is COc1ccc(NC(=O)c2cc(I)c(OC)c(OC)c2)c(OC)c1. The monoisotopic (exact) mass is 443 g/mol. The molecule has 1 N–H and O–H groups in total. The zero-order valence-corrected chi connectivity index (χ0v) is 16.0.